The van der Waals surface area contributed by atoms with Gasteiger partial charge >= 0.3 is 0 Å². The van der Waals surface area contributed by atoms with Crippen LogP contribution in [0.4, 0.5) is 0 Å². The van der Waals surface area contributed by atoms with E-state index in [4.69, 9.17) is 0 Å². The second kappa shape index (κ2) is 3.94. The monoisotopic (exact) mass is 227 g/mol. The molecule has 1 aromatic carbocycles. The third-order valence-electron chi connectivity index (χ3n) is 2.21. The predicted octanol–water partition coefficient (Wildman–Crippen LogP) is 1.78. The Labute approximate surface area is 91.6 Å². The van der Waals surface area contributed by atoms with E-state index in [0.717, 1.165) is 11.1 Å². The number of benzene rings is 1. The number of aryl methyl sites for hydroxylation is 1. The van der Waals surface area contributed by atoms with Crippen LogP contribution in [-0.4, -0.2) is 14.7 Å². The van der Waals surface area contributed by atoms with Crippen molar-refractivity contribution in [3.63, 3.8) is 0 Å². The molecule has 0 saturated heterocycles. The van der Waals surface area contributed by atoms with Gasteiger partial charge in [-0.05, 0) is 26.3 Å². The highest BCUT2D eigenvalue weighted by atomic mass is 32.2. The summed E-state index contributed by atoms with van der Waals surface area (Å²) in [5.41, 5.74) is 1.55. The molecule has 0 bridgehead atoms. The molecule has 0 fully saturated rings. The van der Waals surface area contributed by atoms with Crippen LogP contribution >= 0.6 is 0 Å². The molecule has 0 aliphatic rings. The molecule has 1 N–H and O–H groups in total. The van der Waals surface area contributed by atoms with Gasteiger partial charge in [0, 0.05) is 0 Å². The minimum Gasteiger partial charge on any atom is -0.213 e. The van der Waals surface area contributed by atoms with E-state index in [9.17, 15) is 8.42 Å². The van der Waals surface area contributed by atoms with E-state index in [1.165, 1.54) is 6.26 Å². The molecule has 0 saturated carbocycles. The quantitative estimate of drug-likeness (QED) is 0.855. The van der Waals surface area contributed by atoms with Crippen molar-refractivity contribution in [1.29, 1.82) is 0 Å². The van der Waals surface area contributed by atoms with Crippen LogP contribution in [0.1, 0.15) is 25.0 Å². The molecule has 0 spiro atoms. The fourth-order valence-electron chi connectivity index (χ4n) is 1.49. The van der Waals surface area contributed by atoms with Crippen LogP contribution in [0.15, 0.2) is 24.3 Å². The van der Waals surface area contributed by atoms with E-state index in [1.807, 2.05) is 45.0 Å². The maximum Gasteiger partial charge on any atom is 0.209 e. The first-order chi connectivity index (χ1) is 6.71. The Bertz CT molecular complexity index is 432. The van der Waals surface area contributed by atoms with Crippen molar-refractivity contribution in [2.24, 2.45) is 0 Å². The first-order valence-corrected chi connectivity index (χ1v) is 6.66. The fraction of sp³-hybridized carbons (Fsp3) is 0.455. The van der Waals surface area contributed by atoms with Gasteiger partial charge in [-0.25, -0.2) is 13.1 Å². The Hall–Kier alpha value is -0.870. The maximum atomic E-state index is 11.2. The van der Waals surface area contributed by atoms with Gasteiger partial charge in [0.25, 0.3) is 0 Å². The molecule has 4 heteroatoms. The Morgan fingerprint density at radius 2 is 1.60 bits per heavy atom. The zero-order chi connectivity index (χ0) is 11.7. The van der Waals surface area contributed by atoms with Crippen LogP contribution in [-0.2, 0) is 15.6 Å². The molecule has 0 atom stereocenters. The van der Waals surface area contributed by atoms with Crippen molar-refractivity contribution in [2.75, 3.05) is 6.26 Å². The van der Waals surface area contributed by atoms with Gasteiger partial charge in [0.2, 0.25) is 10.0 Å². The van der Waals surface area contributed by atoms with Gasteiger partial charge in [-0.1, -0.05) is 29.8 Å². The highest BCUT2D eigenvalue weighted by Crippen LogP contribution is 2.20. The standard InChI is InChI=1S/C11H17NO2S/c1-9-5-7-10(8-6-9)11(2,3)12-15(4,13)14/h5-8,12H,1-4H3. The van der Waals surface area contributed by atoms with E-state index >= 15 is 0 Å². The van der Waals surface area contributed by atoms with Crippen molar-refractivity contribution >= 4 is 10.0 Å². The van der Waals surface area contributed by atoms with Crippen LogP contribution < -0.4 is 4.72 Å². The molecule has 84 valence electrons. The molecular formula is C11H17NO2S. The van der Waals surface area contributed by atoms with E-state index in [1.54, 1.807) is 0 Å². The highest BCUT2D eigenvalue weighted by Gasteiger charge is 2.23. The summed E-state index contributed by atoms with van der Waals surface area (Å²) >= 11 is 0. The van der Waals surface area contributed by atoms with Crippen molar-refractivity contribution in [3.05, 3.63) is 35.4 Å². The van der Waals surface area contributed by atoms with Gasteiger partial charge in [0.05, 0.1) is 11.8 Å². The highest BCUT2D eigenvalue weighted by molar-refractivity contribution is 7.88. The summed E-state index contributed by atoms with van der Waals surface area (Å²) < 4.78 is 25.0. The molecule has 1 aromatic rings. The van der Waals surface area contributed by atoms with Crippen LogP contribution in [0.5, 0.6) is 0 Å². The van der Waals surface area contributed by atoms with Gasteiger partial charge in [-0.2, -0.15) is 0 Å². The SMILES string of the molecule is Cc1ccc(C(C)(C)NS(C)(=O)=O)cc1. The first kappa shape index (κ1) is 12.2. The van der Waals surface area contributed by atoms with E-state index in [0.29, 0.717) is 0 Å². The Morgan fingerprint density at radius 1 is 1.13 bits per heavy atom. The molecule has 0 aliphatic carbocycles. The maximum absolute atomic E-state index is 11.2. The van der Waals surface area contributed by atoms with Gasteiger partial charge < -0.3 is 0 Å². The average Bonchev–Trinajstić information content (AvgIpc) is 2.00. The molecule has 15 heavy (non-hydrogen) atoms. The summed E-state index contributed by atoms with van der Waals surface area (Å²) in [6.07, 6.45) is 1.17. The molecule has 0 heterocycles. The Kier molecular flexibility index (Phi) is 3.21. The number of hydrogen-bond donors (Lipinski definition) is 1. The van der Waals surface area contributed by atoms with E-state index in [2.05, 4.69) is 4.72 Å². The topological polar surface area (TPSA) is 46.2 Å². The largest absolute Gasteiger partial charge is 0.213 e. The van der Waals surface area contributed by atoms with Crippen molar-refractivity contribution < 1.29 is 8.42 Å². The summed E-state index contributed by atoms with van der Waals surface area (Å²) in [5.74, 6) is 0. The number of nitrogens with one attached hydrogen (secondary N) is 1. The van der Waals surface area contributed by atoms with Crippen LogP contribution in [0.2, 0.25) is 0 Å². The molecule has 3 nitrogen and oxygen atoms in total. The zero-order valence-electron chi connectivity index (χ0n) is 9.53. The summed E-state index contributed by atoms with van der Waals surface area (Å²) in [6.45, 7) is 5.69. The summed E-state index contributed by atoms with van der Waals surface area (Å²) in [7, 11) is -3.19. The van der Waals surface area contributed by atoms with Crippen molar-refractivity contribution in [1.82, 2.24) is 4.72 Å². The van der Waals surface area contributed by atoms with Gasteiger partial charge in [0.15, 0.2) is 0 Å². The smallest absolute Gasteiger partial charge is 0.209 e. The third-order valence-corrected chi connectivity index (χ3v) is 3.09. The zero-order valence-corrected chi connectivity index (χ0v) is 10.4. The average molecular weight is 227 g/mol. The molecule has 0 aromatic heterocycles. The summed E-state index contributed by atoms with van der Waals surface area (Å²) in [4.78, 5) is 0. The van der Waals surface area contributed by atoms with Gasteiger partial charge in [0.1, 0.15) is 0 Å². The first-order valence-electron chi connectivity index (χ1n) is 4.77. The lowest BCUT2D eigenvalue weighted by molar-refractivity contribution is 0.475. The van der Waals surface area contributed by atoms with Gasteiger partial charge in [-0.3, -0.25) is 0 Å². The van der Waals surface area contributed by atoms with Crippen molar-refractivity contribution in [3.8, 4) is 0 Å². The predicted molar refractivity (Wildman–Crippen MR) is 62.2 cm³/mol. The third kappa shape index (κ3) is 3.64. The molecule has 1 rings (SSSR count). The molecule has 0 unspecified atom stereocenters. The molecule has 0 aliphatic heterocycles. The minimum absolute atomic E-state index is 0.568. The van der Waals surface area contributed by atoms with Crippen LogP contribution in [0, 0.1) is 6.92 Å². The molecular weight excluding hydrogens is 210 g/mol. The summed E-state index contributed by atoms with van der Waals surface area (Å²) in [6, 6.07) is 7.82. The van der Waals surface area contributed by atoms with E-state index < -0.39 is 15.6 Å². The van der Waals surface area contributed by atoms with Crippen LogP contribution in [0.25, 0.3) is 0 Å². The second-order valence-corrected chi connectivity index (χ2v) is 6.11. The van der Waals surface area contributed by atoms with E-state index in [-0.39, 0.29) is 0 Å². The lowest BCUT2D eigenvalue weighted by Gasteiger charge is -2.25. The molecule has 0 amide bonds. The number of sulfonamides is 1. The van der Waals surface area contributed by atoms with Gasteiger partial charge in [-0.15, -0.1) is 0 Å². The lowest BCUT2D eigenvalue weighted by atomic mass is 9.95. The second-order valence-electron chi connectivity index (χ2n) is 4.37. The lowest BCUT2D eigenvalue weighted by Crippen LogP contribution is -2.40. The fourth-order valence-corrected chi connectivity index (χ4v) is 2.54. The van der Waals surface area contributed by atoms with Crippen LogP contribution in [0.3, 0.4) is 0 Å². The minimum atomic E-state index is -3.19. The number of hydrogen-bond acceptors (Lipinski definition) is 2. The Morgan fingerprint density at radius 3 is 2.00 bits per heavy atom. The summed E-state index contributed by atoms with van der Waals surface area (Å²) in [5, 5.41) is 0. The van der Waals surface area contributed by atoms with Crippen molar-refractivity contribution in [2.45, 2.75) is 26.3 Å². The normalized spacial score (nSPS) is 12.8. The Balaban J connectivity index is 3.00. The molecule has 0 radical (unpaired) electrons. The number of rotatable bonds is 3.